The maximum atomic E-state index is 12.6. The molecule has 0 aliphatic carbocycles. The Morgan fingerprint density at radius 3 is 2.75 bits per heavy atom. The summed E-state index contributed by atoms with van der Waals surface area (Å²) in [6.45, 7) is 6.35. The van der Waals surface area contributed by atoms with Gasteiger partial charge in [-0.3, -0.25) is 9.78 Å². The van der Waals surface area contributed by atoms with Crippen molar-refractivity contribution in [1.29, 1.82) is 0 Å². The zero-order chi connectivity index (χ0) is 16.9. The van der Waals surface area contributed by atoms with Crippen LogP contribution >= 0.6 is 0 Å². The average Bonchev–Trinajstić information content (AvgIpc) is 2.61. The summed E-state index contributed by atoms with van der Waals surface area (Å²) in [5.41, 5.74) is 2.66. The quantitative estimate of drug-likeness (QED) is 0.858. The molecule has 0 unspecified atom stereocenters. The smallest absolute Gasteiger partial charge is 0.255 e. The summed E-state index contributed by atoms with van der Waals surface area (Å²) in [6.07, 6.45) is 5.56. The SMILES string of the molecule is Cc1ccccc1OCc1cncc(C(=O)N2CCC(C)CC2)c1. The van der Waals surface area contributed by atoms with Gasteiger partial charge in [-0.25, -0.2) is 0 Å². The molecule has 4 nitrogen and oxygen atoms in total. The summed E-state index contributed by atoms with van der Waals surface area (Å²) in [5, 5.41) is 0. The van der Waals surface area contributed by atoms with Crippen molar-refractivity contribution >= 4 is 5.91 Å². The standard InChI is InChI=1S/C20H24N2O2/c1-15-7-9-22(10-8-15)20(23)18-11-17(12-21-13-18)14-24-19-6-4-3-5-16(19)2/h3-6,11-13,15H,7-10,14H2,1-2H3. The highest BCUT2D eigenvalue weighted by molar-refractivity contribution is 5.94. The van der Waals surface area contributed by atoms with Gasteiger partial charge >= 0.3 is 0 Å². The Morgan fingerprint density at radius 1 is 1.25 bits per heavy atom. The Hall–Kier alpha value is -2.36. The van der Waals surface area contributed by atoms with E-state index in [-0.39, 0.29) is 5.91 Å². The summed E-state index contributed by atoms with van der Waals surface area (Å²) >= 11 is 0. The number of pyridine rings is 1. The molecule has 1 aliphatic heterocycles. The van der Waals surface area contributed by atoms with E-state index < -0.39 is 0 Å². The molecule has 3 rings (SSSR count). The number of hydrogen-bond donors (Lipinski definition) is 0. The summed E-state index contributed by atoms with van der Waals surface area (Å²) in [7, 11) is 0. The first-order valence-corrected chi connectivity index (χ1v) is 8.55. The minimum atomic E-state index is 0.0761. The van der Waals surface area contributed by atoms with Crippen LogP contribution in [0.3, 0.4) is 0 Å². The van der Waals surface area contributed by atoms with Crippen molar-refractivity contribution < 1.29 is 9.53 Å². The van der Waals surface area contributed by atoms with Crippen molar-refractivity contribution in [2.45, 2.75) is 33.3 Å². The molecule has 0 spiro atoms. The van der Waals surface area contributed by atoms with Gasteiger partial charge in [-0.2, -0.15) is 0 Å². The molecule has 0 saturated carbocycles. The number of nitrogens with zero attached hydrogens (tertiary/aromatic N) is 2. The zero-order valence-corrected chi connectivity index (χ0v) is 14.4. The van der Waals surface area contributed by atoms with Gasteiger partial charge in [0.25, 0.3) is 5.91 Å². The molecule has 1 amide bonds. The van der Waals surface area contributed by atoms with Crippen LogP contribution in [0.2, 0.25) is 0 Å². The average molecular weight is 324 g/mol. The number of likely N-dealkylation sites (tertiary alicyclic amines) is 1. The molecule has 0 bridgehead atoms. The molecule has 1 saturated heterocycles. The monoisotopic (exact) mass is 324 g/mol. The minimum absolute atomic E-state index is 0.0761. The predicted molar refractivity (Wildman–Crippen MR) is 94.0 cm³/mol. The second-order valence-corrected chi connectivity index (χ2v) is 6.61. The molecule has 0 radical (unpaired) electrons. The number of carbonyl (C=O) groups is 1. The first kappa shape index (κ1) is 16.5. The van der Waals surface area contributed by atoms with Crippen LogP contribution in [0.5, 0.6) is 5.75 Å². The topological polar surface area (TPSA) is 42.4 Å². The van der Waals surface area contributed by atoms with Crippen LogP contribution in [0.25, 0.3) is 0 Å². The van der Waals surface area contributed by atoms with Crippen LogP contribution in [-0.2, 0) is 6.61 Å². The Bertz CT molecular complexity index is 706. The van der Waals surface area contributed by atoms with E-state index >= 15 is 0 Å². The molecule has 1 aliphatic rings. The minimum Gasteiger partial charge on any atom is -0.489 e. The zero-order valence-electron chi connectivity index (χ0n) is 14.4. The largest absolute Gasteiger partial charge is 0.489 e. The first-order chi connectivity index (χ1) is 11.6. The third-order valence-corrected chi connectivity index (χ3v) is 4.60. The summed E-state index contributed by atoms with van der Waals surface area (Å²) in [4.78, 5) is 18.8. The number of aromatic nitrogens is 1. The van der Waals surface area contributed by atoms with E-state index in [2.05, 4.69) is 11.9 Å². The third kappa shape index (κ3) is 3.94. The molecule has 2 heterocycles. The van der Waals surface area contributed by atoms with Crippen LogP contribution in [0.1, 0.15) is 41.3 Å². The van der Waals surface area contributed by atoms with Crippen molar-refractivity contribution in [2.75, 3.05) is 13.1 Å². The molecule has 4 heteroatoms. The van der Waals surface area contributed by atoms with Gasteiger partial charge < -0.3 is 9.64 Å². The van der Waals surface area contributed by atoms with Gasteiger partial charge in [-0.05, 0) is 43.4 Å². The molecule has 0 N–H and O–H groups in total. The number of benzene rings is 1. The lowest BCUT2D eigenvalue weighted by atomic mass is 9.99. The van der Waals surface area contributed by atoms with Gasteiger partial charge in [0, 0.05) is 31.0 Å². The fourth-order valence-corrected chi connectivity index (χ4v) is 2.96. The number of piperidine rings is 1. The van der Waals surface area contributed by atoms with Gasteiger partial charge in [0.2, 0.25) is 0 Å². The highest BCUT2D eigenvalue weighted by atomic mass is 16.5. The number of hydrogen-bond acceptors (Lipinski definition) is 3. The number of carbonyl (C=O) groups excluding carboxylic acids is 1. The number of rotatable bonds is 4. The van der Waals surface area contributed by atoms with Crippen molar-refractivity contribution in [3.63, 3.8) is 0 Å². The first-order valence-electron chi connectivity index (χ1n) is 8.55. The van der Waals surface area contributed by atoms with Gasteiger partial charge in [0.15, 0.2) is 0 Å². The normalized spacial score (nSPS) is 15.3. The second-order valence-electron chi connectivity index (χ2n) is 6.61. The molecule has 2 aromatic rings. The van der Waals surface area contributed by atoms with Gasteiger partial charge in [-0.1, -0.05) is 25.1 Å². The molecule has 24 heavy (non-hydrogen) atoms. The molecule has 1 aromatic heterocycles. The Balaban J connectivity index is 1.65. The maximum absolute atomic E-state index is 12.6. The van der Waals surface area contributed by atoms with Crippen LogP contribution in [-0.4, -0.2) is 28.9 Å². The highest BCUT2D eigenvalue weighted by Crippen LogP contribution is 2.20. The van der Waals surface area contributed by atoms with Gasteiger partial charge in [0.05, 0.1) is 5.56 Å². The number of aryl methyl sites for hydroxylation is 1. The Kier molecular flexibility index (Phi) is 5.14. The molecule has 1 fully saturated rings. The highest BCUT2D eigenvalue weighted by Gasteiger charge is 2.21. The molecular weight excluding hydrogens is 300 g/mol. The Labute approximate surface area is 143 Å². The van der Waals surface area contributed by atoms with Gasteiger partial charge in [0.1, 0.15) is 12.4 Å². The van der Waals surface area contributed by atoms with Crippen LogP contribution in [0.15, 0.2) is 42.7 Å². The van der Waals surface area contributed by atoms with E-state index in [0.29, 0.717) is 18.1 Å². The van der Waals surface area contributed by atoms with E-state index in [0.717, 1.165) is 42.8 Å². The number of amides is 1. The maximum Gasteiger partial charge on any atom is 0.255 e. The molecule has 0 atom stereocenters. The number of para-hydroxylation sites is 1. The lowest BCUT2D eigenvalue weighted by Crippen LogP contribution is -2.38. The predicted octanol–water partition coefficient (Wildman–Crippen LogP) is 3.84. The van der Waals surface area contributed by atoms with Crippen molar-refractivity contribution in [2.24, 2.45) is 5.92 Å². The van der Waals surface area contributed by atoms with Crippen molar-refractivity contribution in [1.82, 2.24) is 9.88 Å². The van der Waals surface area contributed by atoms with Crippen LogP contribution in [0.4, 0.5) is 0 Å². The van der Waals surface area contributed by atoms with E-state index in [4.69, 9.17) is 4.74 Å². The molecule has 1 aromatic carbocycles. The Morgan fingerprint density at radius 2 is 2.00 bits per heavy atom. The van der Waals surface area contributed by atoms with Crippen LogP contribution < -0.4 is 4.74 Å². The number of ether oxygens (including phenoxy) is 1. The van der Waals surface area contributed by atoms with E-state index in [9.17, 15) is 4.79 Å². The summed E-state index contributed by atoms with van der Waals surface area (Å²) in [5.74, 6) is 1.65. The van der Waals surface area contributed by atoms with Crippen LogP contribution in [0, 0.1) is 12.8 Å². The van der Waals surface area contributed by atoms with Crippen molar-refractivity contribution in [3.8, 4) is 5.75 Å². The van der Waals surface area contributed by atoms with E-state index in [1.165, 1.54) is 0 Å². The fourth-order valence-electron chi connectivity index (χ4n) is 2.96. The van der Waals surface area contributed by atoms with Gasteiger partial charge in [-0.15, -0.1) is 0 Å². The van der Waals surface area contributed by atoms with E-state index in [1.54, 1.807) is 12.4 Å². The lowest BCUT2D eigenvalue weighted by Gasteiger charge is -2.30. The molecular formula is C20H24N2O2. The third-order valence-electron chi connectivity index (χ3n) is 4.60. The second kappa shape index (κ2) is 7.47. The summed E-state index contributed by atoms with van der Waals surface area (Å²) in [6, 6.07) is 9.81. The lowest BCUT2D eigenvalue weighted by molar-refractivity contribution is 0.0696. The summed E-state index contributed by atoms with van der Waals surface area (Å²) < 4.78 is 5.85. The van der Waals surface area contributed by atoms with Crippen molar-refractivity contribution in [3.05, 3.63) is 59.4 Å². The molecule has 126 valence electrons. The fraction of sp³-hybridized carbons (Fsp3) is 0.400. The van der Waals surface area contributed by atoms with E-state index in [1.807, 2.05) is 42.2 Å².